The molecule has 2 heterocycles. The average molecular weight is 284 g/mol. The standard InChI is InChI=1S/C14H15F3N2O/c15-11-5-8(6-12(16)13(11)17)14(20)19-4-3-9-1-2-10(7-19)18-9/h5-6,9-10,18H,1-4,7H2. The summed E-state index contributed by atoms with van der Waals surface area (Å²) in [5.74, 6) is -4.65. The van der Waals surface area contributed by atoms with Gasteiger partial charge in [-0.3, -0.25) is 4.79 Å². The summed E-state index contributed by atoms with van der Waals surface area (Å²) in [4.78, 5) is 13.9. The maximum Gasteiger partial charge on any atom is 0.254 e. The highest BCUT2D eigenvalue weighted by Gasteiger charge is 2.31. The Morgan fingerprint density at radius 2 is 1.75 bits per heavy atom. The highest BCUT2D eigenvalue weighted by Crippen LogP contribution is 2.22. The first-order valence-corrected chi connectivity index (χ1v) is 6.74. The van der Waals surface area contributed by atoms with Crippen LogP contribution in [-0.4, -0.2) is 36.0 Å². The van der Waals surface area contributed by atoms with E-state index in [0.717, 1.165) is 31.4 Å². The predicted octanol–water partition coefficient (Wildman–Crippen LogP) is 2.07. The molecule has 2 aliphatic heterocycles. The lowest BCUT2D eigenvalue weighted by Crippen LogP contribution is -2.39. The van der Waals surface area contributed by atoms with Crippen molar-refractivity contribution < 1.29 is 18.0 Å². The second-order valence-corrected chi connectivity index (χ2v) is 5.43. The van der Waals surface area contributed by atoms with Crippen LogP contribution in [0.4, 0.5) is 13.2 Å². The van der Waals surface area contributed by atoms with Gasteiger partial charge in [-0.1, -0.05) is 0 Å². The molecule has 6 heteroatoms. The average Bonchev–Trinajstić information content (AvgIpc) is 2.74. The number of amides is 1. The quantitative estimate of drug-likeness (QED) is 0.801. The molecule has 3 nitrogen and oxygen atoms in total. The van der Waals surface area contributed by atoms with Crippen LogP contribution >= 0.6 is 0 Å². The molecule has 0 saturated carbocycles. The van der Waals surface area contributed by atoms with Crippen LogP contribution in [0, 0.1) is 17.5 Å². The van der Waals surface area contributed by atoms with E-state index >= 15 is 0 Å². The number of carbonyl (C=O) groups excluding carboxylic acids is 1. The molecule has 0 radical (unpaired) electrons. The van der Waals surface area contributed by atoms with Gasteiger partial charge in [-0.25, -0.2) is 13.2 Å². The third-order valence-electron chi connectivity index (χ3n) is 4.04. The molecule has 0 aliphatic carbocycles. The Hall–Kier alpha value is -1.56. The van der Waals surface area contributed by atoms with E-state index in [-0.39, 0.29) is 11.6 Å². The van der Waals surface area contributed by atoms with Crippen molar-refractivity contribution in [3.05, 3.63) is 35.1 Å². The zero-order chi connectivity index (χ0) is 14.3. The molecule has 2 atom stereocenters. The summed E-state index contributed by atoms with van der Waals surface area (Å²) in [6.07, 6.45) is 2.93. The summed E-state index contributed by atoms with van der Waals surface area (Å²) in [5.41, 5.74) is -0.140. The summed E-state index contributed by atoms with van der Waals surface area (Å²) in [6, 6.07) is 2.18. The Morgan fingerprint density at radius 3 is 2.45 bits per heavy atom. The second kappa shape index (κ2) is 5.09. The first kappa shape index (κ1) is 13.4. The minimum Gasteiger partial charge on any atom is -0.337 e. The second-order valence-electron chi connectivity index (χ2n) is 5.43. The Bertz CT molecular complexity index is 526. The van der Waals surface area contributed by atoms with Crippen LogP contribution in [-0.2, 0) is 0 Å². The Kier molecular flexibility index (Phi) is 3.41. The van der Waals surface area contributed by atoms with Gasteiger partial charge in [-0.2, -0.15) is 0 Å². The lowest BCUT2D eigenvalue weighted by Gasteiger charge is -2.24. The van der Waals surface area contributed by atoms with Gasteiger partial charge in [0.05, 0.1) is 0 Å². The third kappa shape index (κ3) is 2.40. The van der Waals surface area contributed by atoms with E-state index < -0.39 is 23.4 Å². The number of halogens is 3. The zero-order valence-electron chi connectivity index (χ0n) is 10.8. The topological polar surface area (TPSA) is 32.3 Å². The lowest BCUT2D eigenvalue weighted by molar-refractivity contribution is 0.0747. The molecule has 108 valence electrons. The molecule has 2 aliphatic rings. The van der Waals surface area contributed by atoms with Gasteiger partial charge in [0, 0.05) is 30.7 Å². The molecule has 2 fully saturated rings. The number of fused-ring (bicyclic) bond motifs is 2. The molecule has 2 saturated heterocycles. The van der Waals surface area contributed by atoms with Gasteiger partial charge in [0.15, 0.2) is 17.5 Å². The monoisotopic (exact) mass is 284 g/mol. The van der Waals surface area contributed by atoms with Gasteiger partial charge in [0.25, 0.3) is 5.91 Å². The van der Waals surface area contributed by atoms with E-state index in [4.69, 9.17) is 0 Å². The molecule has 0 spiro atoms. The van der Waals surface area contributed by atoms with E-state index in [9.17, 15) is 18.0 Å². The maximum absolute atomic E-state index is 13.2. The maximum atomic E-state index is 13.2. The van der Waals surface area contributed by atoms with Gasteiger partial charge in [-0.15, -0.1) is 0 Å². The van der Waals surface area contributed by atoms with E-state index in [1.54, 1.807) is 4.90 Å². The molecule has 1 amide bonds. The minimum absolute atomic E-state index is 0.140. The zero-order valence-corrected chi connectivity index (χ0v) is 10.8. The molecular formula is C14H15F3N2O. The fraction of sp³-hybridized carbons (Fsp3) is 0.500. The Balaban J connectivity index is 1.81. The van der Waals surface area contributed by atoms with Crippen LogP contribution < -0.4 is 5.32 Å². The van der Waals surface area contributed by atoms with Crippen LogP contribution in [0.5, 0.6) is 0 Å². The molecule has 1 aromatic carbocycles. The number of benzene rings is 1. The van der Waals surface area contributed by atoms with Crippen molar-refractivity contribution in [1.82, 2.24) is 10.2 Å². The van der Waals surface area contributed by atoms with Crippen molar-refractivity contribution in [1.29, 1.82) is 0 Å². The third-order valence-corrected chi connectivity index (χ3v) is 4.04. The van der Waals surface area contributed by atoms with Crippen molar-refractivity contribution in [3.63, 3.8) is 0 Å². The van der Waals surface area contributed by atoms with E-state index in [1.165, 1.54) is 0 Å². The Labute approximate surface area is 114 Å². The number of hydrogen-bond acceptors (Lipinski definition) is 2. The summed E-state index contributed by atoms with van der Waals surface area (Å²) in [6.45, 7) is 1.07. The van der Waals surface area contributed by atoms with Crippen LogP contribution in [0.3, 0.4) is 0 Å². The number of likely N-dealkylation sites (tertiary alicyclic amines) is 1. The molecule has 3 rings (SSSR count). The number of hydrogen-bond donors (Lipinski definition) is 1. The Morgan fingerprint density at radius 1 is 1.10 bits per heavy atom. The highest BCUT2D eigenvalue weighted by molar-refractivity contribution is 5.94. The van der Waals surface area contributed by atoms with Gasteiger partial charge in [-0.05, 0) is 31.4 Å². The van der Waals surface area contributed by atoms with Gasteiger partial charge >= 0.3 is 0 Å². The van der Waals surface area contributed by atoms with E-state index in [2.05, 4.69) is 5.32 Å². The van der Waals surface area contributed by atoms with Crippen molar-refractivity contribution in [2.75, 3.05) is 13.1 Å². The van der Waals surface area contributed by atoms with E-state index in [0.29, 0.717) is 19.1 Å². The van der Waals surface area contributed by atoms with Crippen LogP contribution in [0.1, 0.15) is 29.6 Å². The molecular weight excluding hydrogens is 269 g/mol. The fourth-order valence-electron chi connectivity index (χ4n) is 2.99. The summed E-state index contributed by atoms with van der Waals surface area (Å²) in [7, 11) is 0. The van der Waals surface area contributed by atoms with Crippen LogP contribution in [0.15, 0.2) is 12.1 Å². The molecule has 1 N–H and O–H groups in total. The highest BCUT2D eigenvalue weighted by atomic mass is 19.2. The smallest absolute Gasteiger partial charge is 0.254 e. The van der Waals surface area contributed by atoms with Gasteiger partial charge < -0.3 is 10.2 Å². The SMILES string of the molecule is O=C(c1cc(F)c(F)c(F)c1)N1CCC2CCC(C1)N2. The fourth-order valence-corrected chi connectivity index (χ4v) is 2.99. The van der Waals surface area contributed by atoms with Crippen LogP contribution in [0.25, 0.3) is 0 Å². The number of carbonyl (C=O) groups is 1. The number of nitrogens with zero attached hydrogens (tertiary/aromatic N) is 1. The van der Waals surface area contributed by atoms with Crippen LogP contribution in [0.2, 0.25) is 0 Å². The molecule has 0 aromatic heterocycles. The predicted molar refractivity (Wildman–Crippen MR) is 66.8 cm³/mol. The normalized spacial score (nSPS) is 25.6. The first-order valence-electron chi connectivity index (χ1n) is 6.74. The van der Waals surface area contributed by atoms with Crippen molar-refractivity contribution in [3.8, 4) is 0 Å². The number of rotatable bonds is 1. The van der Waals surface area contributed by atoms with Crippen molar-refractivity contribution in [2.24, 2.45) is 0 Å². The molecule has 2 unspecified atom stereocenters. The summed E-state index contributed by atoms with van der Waals surface area (Å²) in [5, 5.41) is 3.42. The van der Waals surface area contributed by atoms with Gasteiger partial charge in [0.1, 0.15) is 0 Å². The largest absolute Gasteiger partial charge is 0.337 e. The summed E-state index contributed by atoms with van der Waals surface area (Å²) >= 11 is 0. The van der Waals surface area contributed by atoms with Crippen molar-refractivity contribution in [2.45, 2.75) is 31.3 Å². The molecule has 20 heavy (non-hydrogen) atoms. The summed E-state index contributed by atoms with van der Waals surface area (Å²) < 4.78 is 39.3. The number of nitrogens with one attached hydrogen (secondary N) is 1. The molecule has 2 bridgehead atoms. The first-order chi connectivity index (χ1) is 9.54. The minimum atomic E-state index is -1.54. The van der Waals surface area contributed by atoms with E-state index in [1.807, 2.05) is 0 Å². The molecule has 1 aromatic rings. The van der Waals surface area contributed by atoms with Crippen molar-refractivity contribution >= 4 is 5.91 Å². The van der Waals surface area contributed by atoms with Gasteiger partial charge in [0.2, 0.25) is 0 Å². The lowest BCUT2D eigenvalue weighted by atomic mass is 10.1.